The van der Waals surface area contributed by atoms with Gasteiger partial charge < -0.3 is 29.4 Å². The molecule has 61 heavy (non-hydrogen) atoms. The van der Waals surface area contributed by atoms with E-state index < -0.39 is 13.2 Å². The van der Waals surface area contributed by atoms with Gasteiger partial charge in [-0.3, -0.25) is 15.0 Å². The fraction of sp³-hybridized carbons (Fsp3) is 0.326. The van der Waals surface area contributed by atoms with Gasteiger partial charge in [0.25, 0.3) is 5.91 Å². The number of morpholine rings is 1. The summed E-state index contributed by atoms with van der Waals surface area (Å²) in [7, 11) is -0.738. The van der Waals surface area contributed by atoms with Crippen molar-refractivity contribution in [2.75, 3.05) is 70.5 Å². The molecule has 3 heterocycles. The number of urea groups is 1. The van der Waals surface area contributed by atoms with Crippen LogP contribution in [-0.4, -0.2) is 96.4 Å². The first-order chi connectivity index (χ1) is 29.2. The number of rotatable bonds is 14. The van der Waals surface area contributed by atoms with E-state index in [4.69, 9.17) is 24.3 Å². The Bertz CT molecular complexity index is 2580. The molecule has 0 spiro atoms. The Labute approximate surface area is 356 Å². The fourth-order valence-electron chi connectivity index (χ4n) is 7.08. The molecular weight excluding hydrogens is 792 g/mol. The van der Waals surface area contributed by atoms with Crippen LogP contribution < -0.4 is 25.4 Å². The molecular formula is C46H53N8O6P. The highest BCUT2D eigenvalue weighted by molar-refractivity contribution is 7.61. The van der Waals surface area contributed by atoms with Crippen LogP contribution >= 0.6 is 7.14 Å². The van der Waals surface area contributed by atoms with Crippen molar-refractivity contribution in [3.05, 3.63) is 125 Å². The number of carbonyl (C=O) groups excluding carboxylic acids is 2. The highest BCUT2D eigenvalue weighted by Gasteiger charge is 2.23. The highest BCUT2D eigenvalue weighted by atomic mass is 31.2. The third-order valence-corrected chi connectivity index (χ3v) is 11.2. The number of amides is 3. The number of nitrogens with one attached hydrogen (secondary N) is 3. The molecule has 0 radical (unpaired) electrons. The minimum absolute atomic E-state index is 0.182. The van der Waals surface area contributed by atoms with Crippen LogP contribution in [0.25, 0.3) is 16.5 Å². The van der Waals surface area contributed by atoms with Crippen LogP contribution in [-0.2, 0) is 27.3 Å². The van der Waals surface area contributed by atoms with Crippen LogP contribution in [0.3, 0.4) is 0 Å². The molecule has 0 atom stereocenters. The third-order valence-electron chi connectivity index (χ3n) is 10.1. The summed E-state index contributed by atoms with van der Waals surface area (Å²) in [6.45, 7) is 14.2. The van der Waals surface area contributed by atoms with E-state index in [1.54, 1.807) is 55.6 Å². The van der Waals surface area contributed by atoms with Gasteiger partial charge in [-0.2, -0.15) is 10.1 Å². The Morgan fingerprint density at radius 3 is 2.43 bits per heavy atom. The molecule has 1 aliphatic rings. The van der Waals surface area contributed by atoms with E-state index in [2.05, 4.69) is 46.6 Å². The second kappa shape index (κ2) is 18.7. The smallest absolute Gasteiger partial charge is 0.324 e. The molecule has 14 nitrogen and oxygen atoms in total. The normalized spacial score (nSPS) is 13.5. The summed E-state index contributed by atoms with van der Waals surface area (Å²) < 4.78 is 31.6. The van der Waals surface area contributed by atoms with E-state index in [1.807, 2.05) is 66.7 Å². The van der Waals surface area contributed by atoms with Gasteiger partial charge in [-0.15, -0.1) is 0 Å². The maximum atomic E-state index is 13.7. The number of benzene rings is 4. The lowest BCUT2D eigenvalue weighted by atomic mass is 9.92. The van der Waals surface area contributed by atoms with Gasteiger partial charge in [0.05, 0.1) is 44.5 Å². The summed E-state index contributed by atoms with van der Waals surface area (Å²) in [4.78, 5) is 38.3. The van der Waals surface area contributed by atoms with Gasteiger partial charge in [-0.1, -0.05) is 57.2 Å². The first-order valence-corrected chi connectivity index (χ1v) is 23.1. The van der Waals surface area contributed by atoms with Gasteiger partial charge >= 0.3 is 6.03 Å². The Hall–Kier alpha value is -6.08. The number of hydrogen-bond acceptors (Lipinski definition) is 10. The predicted molar refractivity (Wildman–Crippen MR) is 240 cm³/mol. The van der Waals surface area contributed by atoms with E-state index in [0.717, 1.165) is 52.9 Å². The summed E-state index contributed by atoms with van der Waals surface area (Å²) in [5.74, 6) is 2.25. The molecule has 0 unspecified atom stereocenters. The topological polar surface area (TPSA) is 162 Å². The highest BCUT2D eigenvalue weighted by Crippen LogP contribution is 2.41. The lowest BCUT2D eigenvalue weighted by Gasteiger charge is -2.26. The fourth-order valence-corrected chi connectivity index (χ4v) is 8.16. The minimum Gasteiger partial charge on any atom is -0.497 e. The zero-order valence-electron chi connectivity index (χ0n) is 35.5. The molecule has 4 aromatic carbocycles. The van der Waals surface area contributed by atoms with Gasteiger partial charge in [0.1, 0.15) is 23.1 Å². The van der Waals surface area contributed by atoms with Crippen molar-refractivity contribution in [2.45, 2.75) is 38.8 Å². The molecule has 2 aromatic heterocycles. The first kappa shape index (κ1) is 43.0. The van der Waals surface area contributed by atoms with E-state index in [0.29, 0.717) is 72.6 Å². The summed E-state index contributed by atoms with van der Waals surface area (Å²) in [5.41, 5.74) is 4.08. The number of methoxy groups -OCH3 is 1. The number of fused-ring (bicyclic) bond motifs is 1. The zero-order chi connectivity index (χ0) is 43.1. The number of hydrogen-bond donors (Lipinski definition) is 3. The molecule has 1 saturated heterocycles. The molecule has 0 bridgehead atoms. The Morgan fingerprint density at radius 2 is 1.67 bits per heavy atom. The lowest BCUT2D eigenvalue weighted by molar-refractivity contribution is 0.0383. The standard InChI is InChI=1S/C46H53N8O6P/c1-46(2,3)40-29-42(54(52-40)34-11-9-10-31(25-34)30-61(5,6)57)51-45(56)49-38-14-15-39(37-13-8-7-12-36(37)38)60-43-16-17-47-41(50-43)27-32-24-33(28-35(26-32)58-4)44(55)48-18-19-53-20-22-59-23-21-53/h7-17,24-26,28-29H,18-23,27,30H2,1-6H3,(H,48,55)(H2,49,51,56). The predicted octanol–water partition coefficient (Wildman–Crippen LogP) is 8.33. The number of aromatic nitrogens is 4. The SMILES string of the molecule is COc1cc(Cc2nccc(Oc3ccc(NC(=O)Nc4cc(C(C)(C)C)nn4-c4cccc(CP(C)(C)=O)c4)c4ccccc34)n2)cc(C(=O)NCCN2CCOCC2)c1. The maximum absolute atomic E-state index is 13.7. The number of nitrogens with zero attached hydrogens (tertiary/aromatic N) is 5. The van der Waals surface area contributed by atoms with Crippen molar-refractivity contribution >= 4 is 41.4 Å². The lowest BCUT2D eigenvalue weighted by Crippen LogP contribution is -2.41. The summed E-state index contributed by atoms with van der Waals surface area (Å²) in [5, 5.41) is 15.5. The van der Waals surface area contributed by atoms with Crippen LogP contribution in [0.15, 0.2) is 97.2 Å². The van der Waals surface area contributed by atoms with Crippen LogP contribution in [0, 0.1) is 0 Å². The van der Waals surface area contributed by atoms with E-state index in [1.165, 1.54) is 0 Å². The van der Waals surface area contributed by atoms with Crippen molar-refractivity contribution < 1.29 is 28.4 Å². The van der Waals surface area contributed by atoms with Crippen molar-refractivity contribution in [3.8, 4) is 23.1 Å². The Balaban J connectivity index is 1.05. The van der Waals surface area contributed by atoms with Gasteiger partial charge in [0.2, 0.25) is 5.88 Å². The molecule has 7 rings (SSSR count). The van der Waals surface area contributed by atoms with E-state index >= 15 is 0 Å². The minimum atomic E-state index is -2.31. The molecule has 0 aliphatic carbocycles. The molecule has 1 fully saturated rings. The third kappa shape index (κ3) is 11.4. The van der Waals surface area contributed by atoms with Crippen LogP contribution in [0.5, 0.6) is 17.4 Å². The largest absolute Gasteiger partial charge is 0.497 e. The average molecular weight is 845 g/mol. The first-order valence-electron chi connectivity index (χ1n) is 20.3. The van der Waals surface area contributed by atoms with E-state index in [-0.39, 0.29) is 11.3 Å². The Kier molecular flexibility index (Phi) is 13.2. The molecule has 3 N–H and O–H groups in total. The molecule has 3 amide bonds. The van der Waals surface area contributed by atoms with Crippen molar-refractivity contribution in [1.82, 2.24) is 30.0 Å². The average Bonchev–Trinajstić information content (AvgIpc) is 3.66. The van der Waals surface area contributed by atoms with E-state index in [9.17, 15) is 14.2 Å². The van der Waals surface area contributed by atoms with Gasteiger partial charge in [-0.05, 0) is 66.9 Å². The second-order valence-electron chi connectivity index (χ2n) is 16.6. The quantitative estimate of drug-likeness (QED) is 0.0910. The van der Waals surface area contributed by atoms with Gasteiger partial charge in [-0.25, -0.2) is 14.5 Å². The van der Waals surface area contributed by atoms with Crippen molar-refractivity contribution in [3.63, 3.8) is 0 Å². The number of anilines is 2. The second-order valence-corrected chi connectivity index (χ2v) is 20.0. The zero-order valence-corrected chi connectivity index (χ0v) is 36.4. The molecule has 1 aliphatic heterocycles. The Morgan fingerprint density at radius 1 is 0.885 bits per heavy atom. The van der Waals surface area contributed by atoms with Crippen LogP contribution in [0.2, 0.25) is 0 Å². The van der Waals surface area contributed by atoms with Crippen molar-refractivity contribution in [1.29, 1.82) is 0 Å². The monoisotopic (exact) mass is 844 g/mol. The van der Waals surface area contributed by atoms with Gasteiger partial charge in [0, 0.05) is 78.8 Å². The van der Waals surface area contributed by atoms with Crippen LogP contribution in [0.4, 0.5) is 16.3 Å². The van der Waals surface area contributed by atoms with Gasteiger partial charge in [0.15, 0.2) is 0 Å². The molecule has 15 heteroatoms. The molecule has 0 saturated carbocycles. The number of carbonyl (C=O) groups is 2. The summed E-state index contributed by atoms with van der Waals surface area (Å²) >= 11 is 0. The number of ether oxygens (including phenoxy) is 3. The maximum Gasteiger partial charge on any atom is 0.324 e. The van der Waals surface area contributed by atoms with Crippen molar-refractivity contribution in [2.24, 2.45) is 0 Å². The summed E-state index contributed by atoms with van der Waals surface area (Å²) in [6.07, 6.45) is 2.44. The summed E-state index contributed by atoms with van der Waals surface area (Å²) in [6, 6.07) is 27.5. The van der Waals surface area contributed by atoms with Crippen LogP contribution in [0.1, 0.15) is 53.8 Å². The molecule has 318 valence electrons. The molecule has 6 aromatic rings.